The number of rotatable bonds is 1. The molecule has 0 bridgehead atoms. The standard InChI is InChI=1S/C12H9N3O/c13-11(16)9-7-8-3-1-2-4-10(8)15-6-5-14-12(9)15/h1-7H,(H2,13,16). The summed E-state index contributed by atoms with van der Waals surface area (Å²) in [5.74, 6) is -0.457. The number of nitrogens with zero attached hydrogens (tertiary/aromatic N) is 2. The molecule has 1 aromatic carbocycles. The zero-order valence-electron chi connectivity index (χ0n) is 8.42. The van der Waals surface area contributed by atoms with Crippen molar-refractivity contribution in [2.75, 3.05) is 0 Å². The van der Waals surface area contributed by atoms with Gasteiger partial charge in [0.2, 0.25) is 0 Å². The number of aromatic nitrogens is 2. The molecule has 0 spiro atoms. The predicted octanol–water partition coefficient (Wildman–Crippen LogP) is 1.59. The van der Waals surface area contributed by atoms with Gasteiger partial charge in [0.1, 0.15) is 5.65 Å². The van der Waals surface area contributed by atoms with Crippen LogP contribution in [0, 0.1) is 0 Å². The van der Waals surface area contributed by atoms with Crippen molar-refractivity contribution in [2.45, 2.75) is 0 Å². The minimum Gasteiger partial charge on any atom is -0.365 e. The molecular formula is C12H9N3O. The molecule has 16 heavy (non-hydrogen) atoms. The second-order valence-corrected chi connectivity index (χ2v) is 3.60. The molecule has 2 N–H and O–H groups in total. The number of amides is 1. The molecule has 3 rings (SSSR count). The van der Waals surface area contributed by atoms with Crippen LogP contribution < -0.4 is 5.73 Å². The third kappa shape index (κ3) is 1.10. The number of para-hydroxylation sites is 1. The Morgan fingerprint density at radius 2 is 2.12 bits per heavy atom. The van der Waals surface area contributed by atoms with Gasteiger partial charge < -0.3 is 5.73 Å². The smallest absolute Gasteiger partial charge is 0.252 e. The number of pyridine rings is 1. The van der Waals surface area contributed by atoms with Gasteiger partial charge in [0, 0.05) is 12.4 Å². The largest absolute Gasteiger partial charge is 0.365 e. The normalized spacial score (nSPS) is 11.0. The van der Waals surface area contributed by atoms with E-state index in [4.69, 9.17) is 5.73 Å². The first kappa shape index (κ1) is 8.91. The van der Waals surface area contributed by atoms with Crippen molar-refractivity contribution in [3.8, 4) is 0 Å². The van der Waals surface area contributed by atoms with Crippen LogP contribution in [0.25, 0.3) is 16.6 Å². The summed E-state index contributed by atoms with van der Waals surface area (Å²) < 4.78 is 1.87. The van der Waals surface area contributed by atoms with Crippen molar-refractivity contribution in [3.63, 3.8) is 0 Å². The van der Waals surface area contributed by atoms with E-state index in [1.807, 2.05) is 34.9 Å². The first-order valence-corrected chi connectivity index (χ1v) is 4.92. The lowest BCUT2D eigenvalue weighted by molar-refractivity contribution is 0.100. The maximum atomic E-state index is 11.3. The molecule has 0 saturated carbocycles. The molecule has 0 unspecified atom stereocenters. The van der Waals surface area contributed by atoms with Crippen LogP contribution in [0.1, 0.15) is 10.4 Å². The Balaban J connectivity index is 2.58. The number of fused-ring (bicyclic) bond motifs is 3. The van der Waals surface area contributed by atoms with Gasteiger partial charge in [-0.2, -0.15) is 0 Å². The summed E-state index contributed by atoms with van der Waals surface area (Å²) in [6.45, 7) is 0. The topological polar surface area (TPSA) is 60.4 Å². The van der Waals surface area contributed by atoms with Crippen molar-refractivity contribution < 1.29 is 4.79 Å². The average Bonchev–Trinajstić information content (AvgIpc) is 2.76. The summed E-state index contributed by atoms with van der Waals surface area (Å²) in [4.78, 5) is 15.5. The molecule has 0 aliphatic heterocycles. The van der Waals surface area contributed by atoms with E-state index in [1.165, 1.54) is 0 Å². The fourth-order valence-electron chi connectivity index (χ4n) is 1.93. The number of hydrogen-bond acceptors (Lipinski definition) is 2. The lowest BCUT2D eigenvalue weighted by atomic mass is 10.1. The van der Waals surface area contributed by atoms with Crippen LogP contribution in [0.4, 0.5) is 0 Å². The molecule has 4 nitrogen and oxygen atoms in total. The summed E-state index contributed by atoms with van der Waals surface area (Å²) in [5, 5.41) is 0.974. The molecule has 78 valence electrons. The molecule has 0 radical (unpaired) electrons. The molecule has 0 saturated heterocycles. The fourth-order valence-corrected chi connectivity index (χ4v) is 1.93. The monoisotopic (exact) mass is 211 g/mol. The van der Waals surface area contributed by atoms with Gasteiger partial charge in [0.25, 0.3) is 5.91 Å². The van der Waals surface area contributed by atoms with Gasteiger partial charge in [0.05, 0.1) is 11.1 Å². The third-order valence-electron chi connectivity index (χ3n) is 2.64. The molecule has 3 aromatic rings. The average molecular weight is 211 g/mol. The Hall–Kier alpha value is -2.36. The SMILES string of the molecule is NC(=O)c1cc2ccccc2n2ccnc12. The first-order valence-electron chi connectivity index (χ1n) is 4.92. The second kappa shape index (κ2) is 3.06. The molecule has 0 aliphatic carbocycles. The van der Waals surface area contributed by atoms with Crippen LogP contribution in [-0.4, -0.2) is 15.3 Å². The van der Waals surface area contributed by atoms with Gasteiger partial charge in [-0.3, -0.25) is 9.20 Å². The predicted molar refractivity (Wildman–Crippen MR) is 61.2 cm³/mol. The van der Waals surface area contributed by atoms with E-state index in [0.29, 0.717) is 11.2 Å². The minimum atomic E-state index is -0.457. The Bertz CT molecular complexity index is 700. The molecule has 2 aromatic heterocycles. The maximum absolute atomic E-state index is 11.3. The van der Waals surface area contributed by atoms with Crippen LogP contribution in [0.5, 0.6) is 0 Å². The van der Waals surface area contributed by atoms with E-state index < -0.39 is 5.91 Å². The van der Waals surface area contributed by atoms with Crippen molar-refractivity contribution in [2.24, 2.45) is 5.73 Å². The van der Waals surface area contributed by atoms with E-state index >= 15 is 0 Å². The van der Waals surface area contributed by atoms with Gasteiger partial charge in [0.15, 0.2) is 0 Å². The molecule has 0 aliphatic rings. The summed E-state index contributed by atoms with van der Waals surface area (Å²) in [6, 6.07) is 9.58. The molecular weight excluding hydrogens is 202 g/mol. The van der Waals surface area contributed by atoms with E-state index in [9.17, 15) is 4.79 Å². The Kier molecular flexibility index (Phi) is 1.71. The molecule has 1 amide bonds. The molecule has 0 fully saturated rings. The number of primary amides is 1. The van der Waals surface area contributed by atoms with Crippen LogP contribution in [0.15, 0.2) is 42.7 Å². The van der Waals surface area contributed by atoms with E-state index in [2.05, 4.69) is 4.98 Å². The van der Waals surface area contributed by atoms with Gasteiger partial charge in [-0.1, -0.05) is 18.2 Å². The zero-order chi connectivity index (χ0) is 11.1. The van der Waals surface area contributed by atoms with E-state index in [0.717, 1.165) is 10.9 Å². The van der Waals surface area contributed by atoms with Crippen LogP contribution in [-0.2, 0) is 0 Å². The van der Waals surface area contributed by atoms with E-state index in [-0.39, 0.29) is 0 Å². The first-order chi connectivity index (χ1) is 7.77. The Morgan fingerprint density at radius 1 is 1.31 bits per heavy atom. The van der Waals surface area contributed by atoms with Crippen LogP contribution >= 0.6 is 0 Å². The third-order valence-corrected chi connectivity index (χ3v) is 2.64. The summed E-state index contributed by atoms with van der Waals surface area (Å²) in [5.41, 5.74) is 7.40. The highest BCUT2D eigenvalue weighted by Gasteiger charge is 2.10. The van der Waals surface area contributed by atoms with Crippen molar-refractivity contribution in [1.82, 2.24) is 9.38 Å². The lowest BCUT2D eigenvalue weighted by Gasteiger charge is -2.05. The molecule has 4 heteroatoms. The second-order valence-electron chi connectivity index (χ2n) is 3.60. The summed E-state index contributed by atoms with van der Waals surface area (Å²) >= 11 is 0. The Morgan fingerprint density at radius 3 is 2.94 bits per heavy atom. The number of imidazole rings is 1. The highest BCUT2D eigenvalue weighted by molar-refractivity contribution is 6.02. The van der Waals surface area contributed by atoms with Gasteiger partial charge in [-0.15, -0.1) is 0 Å². The fraction of sp³-hybridized carbons (Fsp3) is 0. The van der Waals surface area contributed by atoms with Crippen molar-refractivity contribution in [3.05, 3.63) is 48.3 Å². The number of carbonyl (C=O) groups excluding carboxylic acids is 1. The number of benzene rings is 1. The Labute approximate surface area is 91.3 Å². The van der Waals surface area contributed by atoms with Crippen LogP contribution in [0.2, 0.25) is 0 Å². The van der Waals surface area contributed by atoms with Crippen LogP contribution in [0.3, 0.4) is 0 Å². The van der Waals surface area contributed by atoms with E-state index in [1.54, 1.807) is 12.3 Å². The highest BCUT2D eigenvalue weighted by Crippen LogP contribution is 2.19. The summed E-state index contributed by atoms with van der Waals surface area (Å²) in [7, 11) is 0. The number of hydrogen-bond donors (Lipinski definition) is 1. The quantitative estimate of drug-likeness (QED) is 0.664. The van der Waals surface area contributed by atoms with Crippen molar-refractivity contribution in [1.29, 1.82) is 0 Å². The minimum absolute atomic E-state index is 0.448. The molecule has 0 atom stereocenters. The molecule has 2 heterocycles. The zero-order valence-corrected chi connectivity index (χ0v) is 8.42. The number of carbonyl (C=O) groups is 1. The van der Waals surface area contributed by atoms with Gasteiger partial charge in [-0.25, -0.2) is 4.98 Å². The number of nitrogens with two attached hydrogens (primary N) is 1. The summed E-state index contributed by atoms with van der Waals surface area (Å²) in [6.07, 6.45) is 3.48. The lowest BCUT2D eigenvalue weighted by Crippen LogP contribution is -2.12. The van der Waals surface area contributed by atoms with Gasteiger partial charge in [-0.05, 0) is 17.5 Å². The maximum Gasteiger partial charge on any atom is 0.252 e. The van der Waals surface area contributed by atoms with Crippen molar-refractivity contribution >= 4 is 22.5 Å². The highest BCUT2D eigenvalue weighted by atomic mass is 16.1. The van der Waals surface area contributed by atoms with Gasteiger partial charge >= 0.3 is 0 Å².